The number of tetrazole rings is 1. The summed E-state index contributed by atoms with van der Waals surface area (Å²) in [4.78, 5) is 0. The molecule has 1 saturated heterocycles. The van der Waals surface area contributed by atoms with E-state index in [1.165, 1.54) is 0 Å². The second kappa shape index (κ2) is 7.75. The average Bonchev–Trinajstić information content (AvgIpc) is 3.15. The highest BCUT2D eigenvalue weighted by atomic mass is 32.2. The first-order chi connectivity index (χ1) is 13.8. The molecule has 158 valence electrons. The number of para-hydroxylation sites is 1. The molecule has 0 bridgehead atoms. The predicted molar refractivity (Wildman–Crippen MR) is 103 cm³/mol. The minimum absolute atomic E-state index is 0.0852. The fraction of sp³-hybridized carbons (Fsp3) is 0.632. The van der Waals surface area contributed by atoms with Crippen molar-refractivity contribution in [1.29, 1.82) is 0 Å². The maximum absolute atomic E-state index is 12.6. The number of hydrogen-bond donors (Lipinski definition) is 0. The third kappa shape index (κ3) is 4.50. The summed E-state index contributed by atoms with van der Waals surface area (Å²) >= 11 is 0. The van der Waals surface area contributed by atoms with E-state index in [1.807, 2.05) is 19.9 Å². The highest BCUT2D eigenvalue weighted by molar-refractivity contribution is 7.86. The van der Waals surface area contributed by atoms with E-state index in [2.05, 4.69) is 22.4 Å². The van der Waals surface area contributed by atoms with Gasteiger partial charge in [-0.05, 0) is 67.0 Å². The number of nitrogens with zero attached hydrogens (tertiary/aromatic N) is 4. The summed E-state index contributed by atoms with van der Waals surface area (Å²) in [6, 6.07) is 8.83. The lowest BCUT2D eigenvalue weighted by Gasteiger charge is -2.18. The summed E-state index contributed by atoms with van der Waals surface area (Å²) in [5.41, 5.74) is 0.551. The summed E-state index contributed by atoms with van der Waals surface area (Å²) in [7, 11) is -4.06. The molecular weight excluding hydrogens is 396 g/mol. The van der Waals surface area contributed by atoms with Crippen LogP contribution in [0.3, 0.4) is 0 Å². The SMILES string of the molecule is C[C@@H](CCOS(=O)(=O)c1nnnn1-c1ccccc1)[C@H]1C[C@H]1[C@H]1COC(C)(C)O1. The van der Waals surface area contributed by atoms with E-state index in [1.54, 1.807) is 24.3 Å². The summed E-state index contributed by atoms with van der Waals surface area (Å²) in [6.45, 7) is 6.68. The van der Waals surface area contributed by atoms with Gasteiger partial charge in [-0.2, -0.15) is 13.1 Å². The van der Waals surface area contributed by atoms with E-state index in [-0.39, 0.29) is 17.9 Å². The Hall–Kier alpha value is -1.88. The van der Waals surface area contributed by atoms with Crippen LogP contribution in [0.25, 0.3) is 5.69 Å². The molecule has 1 aliphatic heterocycles. The molecule has 0 unspecified atom stereocenters. The Bertz CT molecular complexity index is 947. The van der Waals surface area contributed by atoms with Gasteiger partial charge in [-0.15, -0.1) is 0 Å². The minimum Gasteiger partial charge on any atom is -0.348 e. The van der Waals surface area contributed by atoms with Crippen LogP contribution >= 0.6 is 0 Å². The van der Waals surface area contributed by atoms with E-state index in [0.717, 1.165) is 11.1 Å². The van der Waals surface area contributed by atoms with Gasteiger partial charge in [0, 0.05) is 0 Å². The lowest BCUT2D eigenvalue weighted by molar-refractivity contribution is -0.141. The van der Waals surface area contributed by atoms with E-state index in [4.69, 9.17) is 13.7 Å². The minimum atomic E-state index is -4.06. The maximum atomic E-state index is 12.6. The van der Waals surface area contributed by atoms with E-state index < -0.39 is 15.9 Å². The molecule has 1 aromatic heterocycles. The highest BCUT2D eigenvalue weighted by Gasteiger charge is 2.50. The van der Waals surface area contributed by atoms with Crippen LogP contribution in [0.5, 0.6) is 0 Å². The van der Waals surface area contributed by atoms with Gasteiger partial charge in [-0.1, -0.05) is 30.2 Å². The lowest BCUT2D eigenvalue weighted by atomic mass is 9.99. The maximum Gasteiger partial charge on any atom is 0.334 e. The molecule has 2 fully saturated rings. The van der Waals surface area contributed by atoms with Crippen LogP contribution in [0.1, 0.15) is 33.6 Å². The Labute approximate surface area is 170 Å². The van der Waals surface area contributed by atoms with Crippen molar-refractivity contribution in [2.45, 2.75) is 50.7 Å². The van der Waals surface area contributed by atoms with Crippen molar-refractivity contribution < 1.29 is 22.1 Å². The molecule has 10 heteroatoms. The number of hydrogen-bond acceptors (Lipinski definition) is 8. The van der Waals surface area contributed by atoms with Gasteiger partial charge in [0.05, 0.1) is 25.0 Å². The molecule has 1 aromatic carbocycles. The van der Waals surface area contributed by atoms with E-state index in [0.29, 0.717) is 36.5 Å². The Morgan fingerprint density at radius 1 is 1.31 bits per heavy atom. The topological polar surface area (TPSA) is 105 Å². The fourth-order valence-electron chi connectivity index (χ4n) is 3.92. The smallest absolute Gasteiger partial charge is 0.334 e. The molecule has 0 spiro atoms. The summed E-state index contributed by atoms with van der Waals surface area (Å²) < 4.78 is 43.1. The van der Waals surface area contributed by atoms with Gasteiger partial charge in [-0.3, -0.25) is 4.18 Å². The number of ether oxygens (including phenoxy) is 2. The molecule has 2 aromatic rings. The lowest BCUT2D eigenvalue weighted by Crippen LogP contribution is -2.23. The van der Waals surface area contributed by atoms with Crippen molar-refractivity contribution in [2.75, 3.05) is 13.2 Å². The molecule has 0 radical (unpaired) electrons. The summed E-state index contributed by atoms with van der Waals surface area (Å²) in [5.74, 6) is 0.779. The van der Waals surface area contributed by atoms with Crippen LogP contribution < -0.4 is 0 Å². The zero-order valence-corrected chi connectivity index (χ0v) is 17.6. The number of aromatic nitrogens is 4. The van der Waals surface area contributed by atoms with Gasteiger partial charge in [0.1, 0.15) is 0 Å². The molecule has 0 N–H and O–H groups in total. The largest absolute Gasteiger partial charge is 0.348 e. The third-order valence-corrected chi connectivity index (χ3v) is 6.79. The average molecular weight is 423 g/mol. The van der Waals surface area contributed by atoms with Crippen molar-refractivity contribution in [3.8, 4) is 5.69 Å². The quantitative estimate of drug-likeness (QED) is 0.596. The fourth-order valence-corrected chi connectivity index (χ4v) is 4.83. The molecule has 4 rings (SSSR count). The first kappa shape index (κ1) is 20.4. The van der Waals surface area contributed by atoms with Gasteiger partial charge >= 0.3 is 10.1 Å². The molecular formula is C19H26N4O5S. The van der Waals surface area contributed by atoms with Crippen molar-refractivity contribution in [3.63, 3.8) is 0 Å². The third-order valence-electron chi connectivity index (χ3n) is 5.61. The first-order valence-electron chi connectivity index (χ1n) is 9.82. The molecule has 29 heavy (non-hydrogen) atoms. The van der Waals surface area contributed by atoms with Gasteiger partial charge in [0.2, 0.25) is 0 Å². The van der Waals surface area contributed by atoms with Crippen molar-refractivity contribution in [3.05, 3.63) is 30.3 Å². The van der Waals surface area contributed by atoms with Gasteiger partial charge in [-0.25, -0.2) is 0 Å². The molecule has 2 heterocycles. The number of benzene rings is 1. The first-order valence-corrected chi connectivity index (χ1v) is 11.2. The van der Waals surface area contributed by atoms with E-state index >= 15 is 0 Å². The Kier molecular flexibility index (Phi) is 5.45. The second-order valence-corrected chi connectivity index (χ2v) is 9.69. The standard InChI is InChI=1S/C19H26N4O5S/c1-13(15-11-16(15)17-12-26-19(2,3)28-17)9-10-27-29(24,25)18-20-21-22-23(18)14-7-5-4-6-8-14/h4-8,13,15-17H,9-12H2,1-3H3/t13-,15+,16+,17+/m0/s1. The summed E-state index contributed by atoms with van der Waals surface area (Å²) in [6.07, 6.45) is 1.83. The zero-order chi connectivity index (χ0) is 20.6. The van der Waals surface area contributed by atoms with Crippen LogP contribution in [-0.2, 0) is 23.8 Å². The van der Waals surface area contributed by atoms with Gasteiger partial charge in [0.15, 0.2) is 5.79 Å². The molecule has 4 atom stereocenters. The van der Waals surface area contributed by atoms with Gasteiger partial charge in [0.25, 0.3) is 5.16 Å². The molecule has 1 aliphatic carbocycles. The zero-order valence-electron chi connectivity index (χ0n) is 16.8. The van der Waals surface area contributed by atoms with Crippen LogP contribution in [0.15, 0.2) is 35.5 Å². The van der Waals surface area contributed by atoms with Crippen molar-refractivity contribution >= 4 is 10.1 Å². The van der Waals surface area contributed by atoms with E-state index in [9.17, 15) is 8.42 Å². The second-order valence-electron chi connectivity index (χ2n) is 8.18. The molecule has 9 nitrogen and oxygen atoms in total. The summed E-state index contributed by atoms with van der Waals surface area (Å²) in [5, 5.41) is 10.6. The number of rotatable bonds is 8. The van der Waals surface area contributed by atoms with Crippen LogP contribution in [0.4, 0.5) is 0 Å². The molecule has 2 aliphatic rings. The Morgan fingerprint density at radius 3 is 2.76 bits per heavy atom. The molecule has 1 saturated carbocycles. The van der Waals surface area contributed by atoms with Crippen LogP contribution in [0, 0.1) is 17.8 Å². The monoisotopic (exact) mass is 422 g/mol. The van der Waals surface area contributed by atoms with Crippen LogP contribution in [-0.4, -0.2) is 53.7 Å². The molecule has 0 amide bonds. The van der Waals surface area contributed by atoms with Crippen molar-refractivity contribution in [1.82, 2.24) is 20.2 Å². The Balaban J connectivity index is 1.31. The van der Waals surface area contributed by atoms with Gasteiger partial charge < -0.3 is 9.47 Å². The normalized spacial score (nSPS) is 27.1. The predicted octanol–water partition coefficient (Wildman–Crippen LogP) is 2.18. The van der Waals surface area contributed by atoms with Crippen molar-refractivity contribution in [2.24, 2.45) is 17.8 Å². The highest BCUT2D eigenvalue weighted by Crippen LogP contribution is 2.50. The Morgan fingerprint density at radius 2 is 2.07 bits per heavy atom. The van der Waals surface area contributed by atoms with Crippen LogP contribution in [0.2, 0.25) is 0 Å².